The van der Waals surface area contributed by atoms with Gasteiger partial charge in [0, 0.05) is 0 Å². The van der Waals surface area contributed by atoms with Gasteiger partial charge in [-0.1, -0.05) is 29.2 Å². The SMILES string of the molecule is Bc1ccc(C(C)(C)C(=O)O)cc1C. The highest BCUT2D eigenvalue weighted by Crippen LogP contribution is 2.23. The summed E-state index contributed by atoms with van der Waals surface area (Å²) < 4.78 is 0. The highest BCUT2D eigenvalue weighted by molar-refractivity contribution is 6.33. The fourth-order valence-electron chi connectivity index (χ4n) is 1.25. The van der Waals surface area contributed by atoms with E-state index in [4.69, 9.17) is 5.11 Å². The van der Waals surface area contributed by atoms with E-state index in [0.29, 0.717) is 0 Å². The second kappa shape index (κ2) is 3.48. The van der Waals surface area contributed by atoms with Crippen LogP contribution in [0.1, 0.15) is 25.0 Å². The zero-order chi connectivity index (χ0) is 10.9. The minimum atomic E-state index is -0.807. The van der Waals surface area contributed by atoms with Gasteiger partial charge in [0.25, 0.3) is 0 Å². The highest BCUT2D eigenvalue weighted by atomic mass is 16.4. The van der Waals surface area contributed by atoms with E-state index in [2.05, 4.69) is 0 Å². The Balaban J connectivity index is 3.21. The van der Waals surface area contributed by atoms with Crippen LogP contribution in [0.15, 0.2) is 18.2 Å². The molecule has 0 aliphatic heterocycles. The van der Waals surface area contributed by atoms with E-state index in [1.54, 1.807) is 13.8 Å². The summed E-state index contributed by atoms with van der Waals surface area (Å²) in [6.07, 6.45) is 0. The Morgan fingerprint density at radius 3 is 2.43 bits per heavy atom. The molecule has 14 heavy (non-hydrogen) atoms. The molecule has 0 unspecified atom stereocenters. The summed E-state index contributed by atoms with van der Waals surface area (Å²) in [6.45, 7) is 5.44. The first-order chi connectivity index (χ1) is 6.35. The van der Waals surface area contributed by atoms with Gasteiger partial charge in [-0.3, -0.25) is 4.79 Å². The van der Waals surface area contributed by atoms with Crippen LogP contribution in [-0.4, -0.2) is 18.9 Å². The fourth-order valence-corrected chi connectivity index (χ4v) is 1.25. The van der Waals surface area contributed by atoms with Crippen LogP contribution < -0.4 is 5.46 Å². The molecule has 0 saturated heterocycles. The van der Waals surface area contributed by atoms with E-state index in [1.807, 2.05) is 33.0 Å². The first-order valence-electron chi connectivity index (χ1n) is 4.67. The van der Waals surface area contributed by atoms with Gasteiger partial charge in [-0.05, 0) is 26.3 Å². The number of carboxylic acid groups (broad SMARTS) is 1. The third-order valence-electron chi connectivity index (χ3n) is 2.76. The number of aliphatic carboxylic acids is 1. The summed E-state index contributed by atoms with van der Waals surface area (Å²) in [5.41, 5.74) is 2.37. The third kappa shape index (κ3) is 1.81. The van der Waals surface area contributed by atoms with Crippen LogP contribution in [0.2, 0.25) is 0 Å². The maximum Gasteiger partial charge on any atom is 0.313 e. The second-order valence-electron chi connectivity index (χ2n) is 4.23. The molecule has 74 valence electrons. The largest absolute Gasteiger partial charge is 0.481 e. The average molecular weight is 190 g/mol. The monoisotopic (exact) mass is 190 g/mol. The molecule has 0 aliphatic carbocycles. The molecule has 0 atom stereocenters. The van der Waals surface area contributed by atoms with Crippen molar-refractivity contribution in [1.29, 1.82) is 0 Å². The van der Waals surface area contributed by atoms with Crippen LogP contribution >= 0.6 is 0 Å². The van der Waals surface area contributed by atoms with Gasteiger partial charge in [0.05, 0.1) is 5.41 Å². The van der Waals surface area contributed by atoms with E-state index < -0.39 is 11.4 Å². The van der Waals surface area contributed by atoms with Crippen molar-refractivity contribution in [3.05, 3.63) is 29.3 Å². The Bertz CT molecular complexity index is 370. The maximum atomic E-state index is 11.0. The molecule has 0 radical (unpaired) electrons. The Kier molecular flexibility index (Phi) is 2.70. The van der Waals surface area contributed by atoms with Crippen molar-refractivity contribution in [3.63, 3.8) is 0 Å². The van der Waals surface area contributed by atoms with Crippen molar-refractivity contribution in [3.8, 4) is 0 Å². The van der Waals surface area contributed by atoms with Gasteiger partial charge in [0.1, 0.15) is 7.85 Å². The number of carbonyl (C=O) groups is 1. The van der Waals surface area contributed by atoms with E-state index in [0.717, 1.165) is 11.1 Å². The molecule has 1 aromatic rings. The van der Waals surface area contributed by atoms with Gasteiger partial charge in [-0.2, -0.15) is 0 Å². The summed E-state index contributed by atoms with van der Waals surface area (Å²) in [5.74, 6) is -0.791. The molecule has 0 saturated carbocycles. The minimum Gasteiger partial charge on any atom is -0.481 e. The van der Waals surface area contributed by atoms with Crippen molar-refractivity contribution in [2.45, 2.75) is 26.2 Å². The van der Waals surface area contributed by atoms with Crippen LogP contribution in [-0.2, 0) is 10.2 Å². The molecule has 1 rings (SSSR count). The number of hydrogen-bond donors (Lipinski definition) is 1. The Hall–Kier alpha value is -1.25. The smallest absolute Gasteiger partial charge is 0.313 e. The van der Waals surface area contributed by atoms with Crippen molar-refractivity contribution in [1.82, 2.24) is 0 Å². The van der Waals surface area contributed by atoms with Crippen molar-refractivity contribution in [2.24, 2.45) is 0 Å². The quantitative estimate of drug-likeness (QED) is 0.694. The molecule has 0 spiro atoms. The lowest BCUT2D eigenvalue weighted by atomic mass is 9.81. The van der Waals surface area contributed by atoms with Gasteiger partial charge < -0.3 is 5.11 Å². The Labute approximate surface area is 85.4 Å². The first-order valence-corrected chi connectivity index (χ1v) is 4.67. The molecule has 0 heterocycles. The number of hydrogen-bond acceptors (Lipinski definition) is 1. The molecule has 1 aromatic carbocycles. The minimum absolute atomic E-state index is 0.791. The van der Waals surface area contributed by atoms with Crippen molar-refractivity contribution in [2.75, 3.05) is 0 Å². The summed E-state index contributed by atoms with van der Waals surface area (Å²) >= 11 is 0. The van der Waals surface area contributed by atoms with Crippen molar-refractivity contribution >= 4 is 19.3 Å². The molecule has 0 amide bonds. The standard InChI is InChI=1S/C11H15BO2/c1-7-6-8(4-5-9(7)12)11(2,3)10(13)14/h4-6H,12H2,1-3H3,(H,13,14). The van der Waals surface area contributed by atoms with Crippen molar-refractivity contribution < 1.29 is 9.90 Å². The first kappa shape index (κ1) is 10.8. The second-order valence-corrected chi connectivity index (χ2v) is 4.23. The molecule has 0 bridgehead atoms. The predicted octanol–water partition coefficient (Wildman–Crippen LogP) is 0.616. The predicted molar refractivity (Wildman–Crippen MR) is 60.0 cm³/mol. The number of aryl methyl sites for hydroxylation is 1. The Morgan fingerprint density at radius 1 is 1.43 bits per heavy atom. The van der Waals surface area contributed by atoms with Crippen LogP contribution in [0.3, 0.4) is 0 Å². The van der Waals surface area contributed by atoms with Gasteiger partial charge in [-0.25, -0.2) is 0 Å². The van der Waals surface area contributed by atoms with Crippen LogP contribution in [0, 0.1) is 6.92 Å². The molecule has 1 N–H and O–H groups in total. The molecular weight excluding hydrogens is 175 g/mol. The number of carboxylic acids is 1. The zero-order valence-electron chi connectivity index (χ0n) is 9.09. The normalized spacial score (nSPS) is 11.4. The lowest BCUT2D eigenvalue weighted by molar-refractivity contribution is -0.142. The molecule has 2 nitrogen and oxygen atoms in total. The third-order valence-corrected chi connectivity index (χ3v) is 2.76. The topological polar surface area (TPSA) is 37.3 Å². The number of benzene rings is 1. The molecular formula is C11H15BO2. The van der Waals surface area contributed by atoms with Gasteiger partial charge >= 0.3 is 5.97 Å². The molecule has 0 fully saturated rings. The zero-order valence-corrected chi connectivity index (χ0v) is 9.09. The summed E-state index contributed by atoms with van der Waals surface area (Å²) in [5, 5.41) is 9.05. The van der Waals surface area contributed by atoms with Gasteiger partial charge in [-0.15, -0.1) is 0 Å². The van der Waals surface area contributed by atoms with E-state index in [9.17, 15) is 4.79 Å². The van der Waals surface area contributed by atoms with Gasteiger partial charge in [0.2, 0.25) is 0 Å². The average Bonchev–Trinajstić information content (AvgIpc) is 2.09. The van der Waals surface area contributed by atoms with E-state index in [1.165, 1.54) is 5.46 Å². The van der Waals surface area contributed by atoms with Crippen LogP contribution in [0.4, 0.5) is 0 Å². The fraction of sp³-hybridized carbons (Fsp3) is 0.364. The molecule has 3 heteroatoms. The summed E-state index contributed by atoms with van der Waals surface area (Å²) in [7, 11) is 2.02. The molecule has 0 aromatic heterocycles. The molecule has 0 aliphatic rings. The van der Waals surface area contributed by atoms with E-state index >= 15 is 0 Å². The summed E-state index contributed by atoms with van der Waals surface area (Å²) in [4.78, 5) is 11.0. The Morgan fingerprint density at radius 2 is 2.00 bits per heavy atom. The highest BCUT2D eigenvalue weighted by Gasteiger charge is 2.29. The van der Waals surface area contributed by atoms with Crippen LogP contribution in [0.5, 0.6) is 0 Å². The van der Waals surface area contributed by atoms with E-state index in [-0.39, 0.29) is 0 Å². The number of rotatable bonds is 2. The lowest BCUT2D eigenvalue weighted by Gasteiger charge is -2.20. The van der Waals surface area contributed by atoms with Crippen LogP contribution in [0.25, 0.3) is 0 Å². The van der Waals surface area contributed by atoms with Gasteiger partial charge in [0.15, 0.2) is 0 Å². The maximum absolute atomic E-state index is 11.0. The summed E-state index contributed by atoms with van der Waals surface area (Å²) in [6, 6.07) is 5.80. The lowest BCUT2D eigenvalue weighted by Crippen LogP contribution is -2.29.